The van der Waals surface area contributed by atoms with Crippen LogP contribution in [0.1, 0.15) is 51.3 Å². The molecule has 0 saturated carbocycles. The third-order valence-corrected chi connectivity index (χ3v) is 17.8. The standard InChI is InChI=1S/C26H34S2Si2/c1-25(2,3)21-13-19-23(27-21)15-11-18-16(12-17(15)29(19,7)8)24-20(30(18,9)10)14-22(28-24)26(4,5)6/h11-14H,1-10H3. The summed E-state index contributed by atoms with van der Waals surface area (Å²) >= 11 is 4.13. The van der Waals surface area contributed by atoms with Crippen LogP contribution in [-0.4, -0.2) is 16.1 Å². The van der Waals surface area contributed by atoms with Gasteiger partial charge in [-0.15, -0.1) is 22.7 Å². The van der Waals surface area contributed by atoms with Gasteiger partial charge in [-0.25, -0.2) is 0 Å². The molecule has 0 N–H and O–H groups in total. The molecule has 5 rings (SSSR count). The van der Waals surface area contributed by atoms with E-state index >= 15 is 0 Å². The van der Waals surface area contributed by atoms with Crippen LogP contribution in [0, 0.1) is 0 Å². The second-order valence-corrected chi connectivity index (χ2v) is 23.2. The molecule has 4 heterocycles. The molecule has 0 fully saturated rings. The molecule has 0 saturated heterocycles. The van der Waals surface area contributed by atoms with Gasteiger partial charge < -0.3 is 0 Å². The molecule has 2 aliphatic rings. The highest BCUT2D eigenvalue weighted by molar-refractivity contribution is 7.23. The molecule has 4 heteroatoms. The van der Waals surface area contributed by atoms with Crippen molar-refractivity contribution in [3.63, 3.8) is 0 Å². The summed E-state index contributed by atoms with van der Waals surface area (Å²) in [5, 5.41) is 6.70. The van der Waals surface area contributed by atoms with E-state index in [0.29, 0.717) is 0 Å². The van der Waals surface area contributed by atoms with Crippen molar-refractivity contribution in [2.75, 3.05) is 0 Å². The van der Waals surface area contributed by atoms with Crippen LogP contribution in [0.5, 0.6) is 0 Å². The lowest BCUT2D eigenvalue weighted by Gasteiger charge is -2.23. The molecule has 2 aromatic heterocycles. The van der Waals surface area contributed by atoms with Crippen LogP contribution in [0.15, 0.2) is 24.3 Å². The molecule has 0 atom stereocenters. The van der Waals surface area contributed by atoms with Crippen molar-refractivity contribution >= 4 is 59.6 Å². The molecule has 0 bridgehead atoms. The fourth-order valence-corrected chi connectivity index (χ4v) is 15.4. The van der Waals surface area contributed by atoms with Crippen molar-refractivity contribution in [3.8, 4) is 20.9 Å². The molecule has 158 valence electrons. The van der Waals surface area contributed by atoms with Gasteiger partial charge in [0.15, 0.2) is 0 Å². The first-order valence-electron chi connectivity index (χ1n) is 11.1. The van der Waals surface area contributed by atoms with Gasteiger partial charge in [-0.05, 0) is 54.8 Å². The fourth-order valence-electron chi connectivity index (χ4n) is 5.15. The van der Waals surface area contributed by atoms with E-state index in [1.54, 1.807) is 51.4 Å². The summed E-state index contributed by atoms with van der Waals surface area (Å²) in [7, 11) is -3.30. The molecular weight excluding hydrogens is 433 g/mol. The lowest BCUT2D eigenvalue weighted by atomic mass is 9.95. The second-order valence-electron chi connectivity index (χ2n) is 12.4. The average molecular weight is 467 g/mol. The van der Waals surface area contributed by atoms with Crippen molar-refractivity contribution in [2.45, 2.75) is 78.6 Å². The van der Waals surface area contributed by atoms with Crippen molar-refractivity contribution in [2.24, 2.45) is 0 Å². The number of fused-ring (bicyclic) bond motifs is 6. The summed E-state index contributed by atoms with van der Waals surface area (Å²) in [4.78, 5) is 6.27. The molecule has 2 aliphatic heterocycles. The van der Waals surface area contributed by atoms with E-state index in [0.717, 1.165) is 0 Å². The van der Waals surface area contributed by atoms with E-state index < -0.39 is 16.1 Å². The maximum atomic E-state index is 2.64. The van der Waals surface area contributed by atoms with Crippen LogP contribution >= 0.6 is 22.7 Å². The van der Waals surface area contributed by atoms with Crippen molar-refractivity contribution < 1.29 is 0 Å². The van der Waals surface area contributed by atoms with Crippen LogP contribution in [0.2, 0.25) is 26.2 Å². The van der Waals surface area contributed by atoms with E-state index in [9.17, 15) is 0 Å². The summed E-state index contributed by atoms with van der Waals surface area (Å²) in [6.45, 7) is 24.4. The molecule has 0 radical (unpaired) electrons. The smallest absolute Gasteiger partial charge is 0.115 e. The first-order valence-corrected chi connectivity index (χ1v) is 18.8. The van der Waals surface area contributed by atoms with Crippen molar-refractivity contribution in [1.82, 2.24) is 0 Å². The Hall–Kier alpha value is -0.946. The zero-order chi connectivity index (χ0) is 22.0. The van der Waals surface area contributed by atoms with Crippen LogP contribution in [0.3, 0.4) is 0 Å². The Bertz CT molecular complexity index is 1110. The summed E-state index contributed by atoms with van der Waals surface area (Å²) in [6.07, 6.45) is 0. The lowest BCUT2D eigenvalue weighted by molar-refractivity contribution is 0.604. The normalized spacial score (nSPS) is 18.2. The highest BCUT2D eigenvalue weighted by atomic mass is 32.1. The number of hydrogen-bond acceptors (Lipinski definition) is 2. The van der Waals surface area contributed by atoms with Gasteiger partial charge in [-0.3, -0.25) is 0 Å². The van der Waals surface area contributed by atoms with Crippen LogP contribution < -0.4 is 20.7 Å². The monoisotopic (exact) mass is 466 g/mol. The van der Waals surface area contributed by atoms with E-state index in [4.69, 9.17) is 0 Å². The molecule has 0 unspecified atom stereocenters. The van der Waals surface area contributed by atoms with Crippen molar-refractivity contribution in [3.05, 3.63) is 34.0 Å². The summed E-state index contributed by atoms with van der Waals surface area (Å²) < 4.78 is 0. The zero-order valence-electron chi connectivity index (χ0n) is 20.1. The lowest BCUT2D eigenvalue weighted by Crippen LogP contribution is -2.51. The summed E-state index contributed by atoms with van der Waals surface area (Å²) in [5.74, 6) is 0. The number of benzene rings is 1. The maximum absolute atomic E-state index is 2.64. The van der Waals surface area contributed by atoms with E-state index in [1.807, 2.05) is 0 Å². The molecule has 0 amide bonds. The van der Waals surface area contributed by atoms with Crippen LogP contribution in [0.25, 0.3) is 20.9 Å². The first-order chi connectivity index (χ1) is 13.6. The van der Waals surface area contributed by atoms with Gasteiger partial charge in [0.25, 0.3) is 0 Å². The minimum Gasteiger partial charge on any atom is -0.140 e. The molecule has 1 aromatic carbocycles. The third-order valence-electron chi connectivity index (χ3n) is 7.28. The Morgan fingerprint density at radius 2 is 0.867 bits per heavy atom. The topological polar surface area (TPSA) is 0 Å². The Kier molecular flexibility index (Phi) is 4.11. The Balaban J connectivity index is 1.75. The second kappa shape index (κ2) is 5.89. The zero-order valence-corrected chi connectivity index (χ0v) is 23.8. The first kappa shape index (κ1) is 20.9. The Morgan fingerprint density at radius 1 is 0.533 bits per heavy atom. The minimum atomic E-state index is -1.65. The summed E-state index contributed by atoms with van der Waals surface area (Å²) in [6, 6.07) is 10.4. The van der Waals surface area contributed by atoms with Gasteiger partial charge in [0, 0.05) is 19.5 Å². The predicted octanol–water partition coefficient (Wildman–Crippen LogP) is 6.01. The quantitative estimate of drug-likeness (QED) is 0.356. The van der Waals surface area contributed by atoms with Crippen LogP contribution in [-0.2, 0) is 10.8 Å². The van der Waals surface area contributed by atoms with Gasteiger partial charge in [0.2, 0.25) is 0 Å². The van der Waals surface area contributed by atoms with Gasteiger partial charge in [0.05, 0.1) is 0 Å². The molecule has 0 spiro atoms. The average Bonchev–Trinajstić information content (AvgIpc) is 3.30. The number of thiophene rings is 2. The highest BCUT2D eigenvalue weighted by Gasteiger charge is 2.45. The molecule has 0 aliphatic carbocycles. The van der Waals surface area contributed by atoms with E-state index in [2.05, 4.69) is 115 Å². The van der Waals surface area contributed by atoms with Crippen molar-refractivity contribution in [1.29, 1.82) is 0 Å². The van der Waals surface area contributed by atoms with E-state index in [1.165, 1.54) is 0 Å². The maximum Gasteiger partial charge on any atom is 0.115 e. The SMILES string of the molecule is CC(C)(C)c1cc2c(s1)-c1cc3c(cc1[Si]2(C)C)-c1sc(C(C)(C)C)cc1[Si]3(C)C. The van der Waals surface area contributed by atoms with Gasteiger partial charge >= 0.3 is 0 Å². The predicted molar refractivity (Wildman–Crippen MR) is 144 cm³/mol. The Morgan fingerprint density at radius 3 is 1.17 bits per heavy atom. The number of hydrogen-bond donors (Lipinski definition) is 0. The third kappa shape index (κ3) is 2.66. The van der Waals surface area contributed by atoms with Gasteiger partial charge in [0.1, 0.15) is 16.1 Å². The van der Waals surface area contributed by atoms with E-state index in [-0.39, 0.29) is 10.8 Å². The molecule has 30 heavy (non-hydrogen) atoms. The highest BCUT2D eigenvalue weighted by Crippen LogP contribution is 2.43. The largest absolute Gasteiger partial charge is 0.140 e. The summed E-state index contributed by atoms with van der Waals surface area (Å²) in [5.41, 5.74) is 3.62. The Labute approximate surface area is 192 Å². The molecule has 3 aromatic rings. The van der Waals surface area contributed by atoms with Gasteiger partial charge in [-0.2, -0.15) is 0 Å². The molecule has 0 nitrogen and oxygen atoms in total. The number of rotatable bonds is 0. The molecular formula is C26H34S2Si2. The minimum absolute atomic E-state index is 0.234. The van der Waals surface area contributed by atoms with Crippen LogP contribution in [0.4, 0.5) is 0 Å². The van der Waals surface area contributed by atoms with Gasteiger partial charge in [-0.1, -0.05) is 79.9 Å². The fraction of sp³-hybridized carbons (Fsp3) is 0.462.